The number of likely N-dealkylation sites (tertiary alicyclic amines) is 1. The molecule has 1 saturated heterocycles. The zero-order valence-electron chi connectivity index (χ0n) is 11.2. The monoisotopic (exact) mass is 262 g/mol. The maximum absolute atomic E-state index is 12.0. The Balaban J connectivity index is 1.90. The van der Waals surface area contributed by atoms with Crippen molar-refractivity contribution in [2.24, 2.45) is 5.92 Å². The Kier molecular flexibility index (Phi) is 4.68. The van der Waals surface area contributed by atoms with E-state index < -0.39 is 5.92 Å². The highest BCUT2D eigenvalue weighted by Gasteiger charge is 2.35. The van der Waals surface area contributed by atoms with Crippen LogP contribution in [0.5, 0.6) is 0 Å². The summed E-state index contributed by atoms with van der Waals surface area (Å²) < 4.78 is 4.94. The maximum atomic E-state index is 12.0. The number of hydrogen-bond acceptors (Lipinski definition) is 3. The fourth-order valence-corrected chi connectivity index (χ4v) is 2.50. The van der Waals surface area contributed by atoms with Crippen molar-refractivity contribution in [3.8, 4) is 0 Å². The zero-order chi connectivity index (χ0) is 13.7. The molecule has 0 spiro atoms. The predicted octanol–water partition coefficient (Wildman–Crippen LogP) is 0.224. The number of hydrogen-bond donors (Lipinski definition) is 1. The minimum atomic E-state index is -0.542. The number of quaternary nitrogens is 1. The van der Waals surface area contributed by atoms with Crippen molar-refractivity contribution in [1.82, 2.24) is 0 Å². The molecule has 1 aliphatic heterocycles. The molecular weight excluding hydrogens is 242 g/mol. The molecule has 2 rings (SSSR count). The van der Waals surface area contributed by atoms with Gasteiger partial charge in [0.1, 0.15) is 19.0 Å². The van der Waals surface area contributed by atoms with Crippen LogP contribution in [0.1, 0.15) is 18.9 Å². The Morgan fingerprint density at radius 1 is 1.37 bits per heavy atom. The molecule has 1 heterocycles. The van der Waals surface area contributed by atoms with E-state index in [1.54, 1.807) is 6.92 Å². The largest absolute Gasteiger partial charge is 0.465 e. The number of nitrogens with one attached hydrogen (secondary N) is 1. The molecule has 1 aromatic rings. The minimum Gasteiger partial charge on any atom is -0.465 e. The molecule has 2 atom stereocenters. The number of rotatable bonds is 4. The van der Waals surface area contributed by atoms with Gasteiger partial charge in [0.05, 0.1) is 13.2 Å². The number of Topliss-reactive ketones (excluding diaryl/α,β-unsaturated/α-hetero) is 1. The van der Waals surface area contributed by atoms with Crippen LogP contribution < -0.4 is 4.90 Å². The second-order valence-corrected chi connectivity index (χ2v) is 4.90. The van der Waals surface area contributed by atoms with Gasteiger partial charge in [0.2, 0.25) is 5.78 Å². The molecule has 1 unspecified atom stereocenters. The van der Waals surface area contributed by atoms with Gasteiger partial charge in [-0.05, 0) is 6.92 Å². The lowest BCUT2D eigenvalue weighted by atomic mass is 9.95. The molecule has 0 aliphatic carbocycles. The molecule has 4 nitrogen and oxygen atoms in total. The van der Waals surface area contributed by atoms with E-state index in [0.29, 0.717) is 19.6 Å². The molecule has 1 aromatic carbocycles. The van der Waals surface area contributed by atoms with E-state index in [1.807, 2.05) is 18.2 Å². The second kappa shape index (κ2) is 6.48. The molecule has 102 valence electrons. The third kappa shape index (κ3) is 3.64. The lowest BCUT2D eigenvalue weighted by Crippen LogP contribution is -3.13. The number of ether oxygens (including phenoxy) is 1. The molecule has 0 amide bonds. The van der Waals surface area contributed by atoms with Gasteiger partial charge in [0, 0.05) is 12.0 Å². The third-order valence-electron chi connectivity index (χ3n) is 3.47. The number of piperidine rings is 1. The first-order chi connectivity index (χ1) is 9.20. The Bertz CT molecular complexity index is 444. The average molecular weight is 262 g/mol. The van der Waals surface area contributed by atoms with Crippen LogP contribution in [0.25, 0.3) is 0 Å². The molecule has 1 fully saturated rings. The molecule has 0 radical (unpaired) electrons. The van der Waals surface area contributed by atoms with Crippen LogP contribution in [0.2, 0.25) is 0 Å². The van der Waals surface area contributed by atoms with E-state index in [1.165, 1.54) is 10.5 Å². The van der Waals surface area contributed by atoms with Gasteiger partial charge < -0.3 is 9.64 Å². The zero-order valence-corrected chi connectivity index (χ0v) is 11.2. The standard InChI is InChI=1S/C15H19NO3/c1-2-19-15(18)13-8-9-16(11-14(13)17)10-12-6-4-3-5-7-12/h3-7,13H,2,8-11H2,1H3/p+1/t13-/m0/s1. The van der Waals surface area contributed by atoms with E-state index in [-0.39, 0.29) is 11.8 Å². The summed E-state index contributed by atoms with van der Waals surface area (Å²) in [4.78, 5) is 24.8. The van der Waals surface area contributed by atoms with Crippen LogP contribution in [0, 0.1) is 5.92 Å². The van der Waals surface area contributed by atoms with Crippen molar-refractivity contribution in [3.05, 3.63) is 35.9 Å². The summed E-state index contributed by atoms with van der Waals surface area (Å²) in [5.74, 6) is -0.888. The quantitative estimate of drug-likeness (QED) is 0.624. The summed E-state index contributed by atoms with van der Waals surface area (Å²) in [6.45, 7) is 4.19. The Hall–Kier alpha value is -1.68. The first-order valence-corrected chi connectivity index (χ1v) is 6.77. The highest BCUT2D eigenvalue weighted by atomic mass is 16.5. The smallest absolute Gasteiger partial charge is 0.316 e. The number of carbonyl (C=O) groups is 2. The lowest BCUT2D eigenvalue weighted by molar-refractivity contribution is -0.909. The van der Waals surface area contributed by atoms with Crippen molar-refractivity contribution in [1.29, 1.82) is 0 Å². The Morgan fingerprint density at radius 3 is 2.74 bits per heavy atom. The normalized spacial score (nSPS) is 23.1. The van der Waals surface area contributed by atoms with Gasteiger partial charge in [-0.25, -0.2) is 0 Å². The van der Waals surface area contributed by atoms with Gasteiger partial charge >= 0.3 is 5.97 Å². The van der Waals surface area contributed by atoms with Gasteiger partial charge in [-0.2, -0.15) is 0 Å². The summed E-state index contributed by atoms with van der Waals surface area (Å²) in [6, 6.07) is 10.1. The van der Waals surface area contributed by atoms with Gasteiger partial charge in [-0.3, -0.25) is 9.59 Å². The van der Waals surface area contributed by atoms with Crippen molar-refractivity contribution < 1.29 is 19.2 Å². The van der Waals surface area contributed by atoms with Gasteiger partial charge in [-0.1, -0.05) is 30.3 Å². The van der Waals surface area contributed by atoms with Crippen LogP contribution in [0.4, 0.5) is 0 Å². The van der Waals surface area contributed by atoms with E-state index in [2.05, 4.69) is 12.1 Å². The second-order valence-electron chi connectivity index (χ2n) is 4.90. The van der Waals surface area contributed by atoms with Crippen LogP contribution >= 0.6 is 0 Å². The topological polar surface area (TPSA) is 47.8 Å². The van der Waals surface area contributed by atoms with Gasteiger partial charge in [-0.15, -0.1) is 0 Å². The number of benzene rings is 1. The van der Waals surface area contributed by atoms with Crippen molar-refractivity contribution in [2.75, 3.05) is 19.7 Å². The lowest BCUT2D eigenvalue weighted by Gasteiger charge is -2.27. The minimum absolute atomic E-state index is 0.00984. The molecule has 0 aromatic heterocycles. The summed E-state index contributed by atoms with van der Waals surface area (Å²) in [5.41, 5.74) is 1.22. The summed E-state index contributed by atoms with van der Waals surface area (Å²) in [6.07, 6.45) is 0.597. The van der Waals surface area contributed by atoms with Crippen LogP contribution in [0.15, 0.2) is 30.3 Å². The third-order valence-corrected chi connectivity index (χ3v) is 3.47. The molecule has 1 aliphatic rings. The number of carbonyl (C=O) groups excluding carboxylic acids is 2. The van der Waals surface area contributed by atoms with Crippen LogP contribution in [-0.2, 0) is 20.9 Å². The summed E-state index contributed by atoms with van der Waals surface area (Å²) >= 11 is 0. The van der Waals surface area contributed by atoms with Crippen molar-refractivity contribution in [3.63, 3.8) is 0 Å². The molecule has 0 saturated carbocycles. The molecule has 4 heteroatoms. The first kappa shape index (κ1) is 13.7. The van der Waals surface area contributed by atoms with E-state index in [0.717, 1.165) is 13.1 Å². The molecule has 0 bridgehead atoms. The first-order valence-electron chi connectivity index (χ1n) is 6.77. The van der Waals surface area contributed by atoms with E-state index in [9.17, 15) is 9.59 Å². The van der Waals surface area contributed by atoms with Crippen molar-refractivity contribution in [2.45, 2.75) is 19.9 Å². The highest BCUT2D eigenvalue weighted by Crippen LogP contribution is 2.09. The average Bonchev–Trinajstić information content (AvgIpc) is 2.40. The molecule has 1 N–H and O–H groups in total. The Morgan fingerprint density at radius 2 is 2.11 bits per heavy atom. The molecular formula is C15H20NO3+. The number of esters is 1. The summed E-state index contributed by atoms with van der Waals surface area (Å²) in [7, 11) is 0. The molecule has 19 heavy (non-hydrogen) atoms. The summed E-state index contributed by atoms with van der Waals surface area (Å²) in [5, 5.41) is 0. The number of ketones is 1. The van der Waals surface area contributed by atoms with Crippen LogP contribution in [-0.4, -0.2) is 31.4 Å². The predicted molar refractivity (Wildman–Crippen MR) is 70.6 cm³/mol. The van der Waals surface area contributed by atoms with Crippen LogP contribution in [0.3, 0.4) is 0 Å². The fraction of sp³-hybridized carbons (Fsp3) is 0.467. The highest BCUT2D eigenvalue weighted by molar-refractivity contribution is 5.99. The maximum Gasteiger partial charge on any atom is 0.316 e. The van der Waals surface area contributed by atoms with Gasteiger partial charge in [0.25, 0.3) is 0 Å². The van der Waals surface area contributed by atoms with Crippen molar-refractivity contribution >= 4 is 11.8 Å². The SMILES string of the molecule is CCOC(=O)[C@H]1CC[NH+](Cc2ccccc2)CC1=O. The van der Waals surface area contributed by atoms with Gasteiger partial charge in [0.15, 0.2) is 0 Å². The fourth-order valence-electron chi connectivity index (χ4n) is 2.50. The Labute approximate surface area is 113 Å². The van der Waals surface area contributed by atoms with E-state index >= 15 is 0 Å². The van der Waals surface area contributed by atoms with E-state index in [4.69, 9.17) is 4.74 Å².